The number of hydrogen-bond acceptors (Lipinski definition) is 7. The maximum absolute atomic E-state index is 11.2. The Kier molecular flexibility index (Phi) is 4.26. The summed E-state index contributed by atoms with van der Waals surface area (Å²) in [6.07, 6.45) is 0. The highest BCUT2D eigenvalue weighted by Crippen LogP contribution is 2.34. The monoisotopic (exact) mass is 356 g/mol. The molecule has 0 aliphatic rings. The van der Waals surface area contributed by atoms with E-state index in [9.17, 15) is 23.1 Å². The molecule has 0 aromatic heterocycles. The van der Waals surface area contributed by atoms with Crippen LogP contribution in [0.4, 0.5) is 17.1 Å². The molecule has 0 aliphatic heterocycles. The van der Waals surface area contributed by atoms with Crippen LogP contribution in [0.1, 0.15) is 0 Å². The molecule has 9 heteroatoms. The first-order chi connectivity index (χ1) is 11.9. The van der Waals surface area contributed by atoms with Crippen LogP contribution in [0.2, 0.25) is 0 Å². The highest BCUT2D eigenvalue weighted by molar-refractivity contribution is 7.85. The molecular weight excluding hydrogens is 346 g/mol. The van der Waals surface area contributed by atoms with Gasteiger partial charge in [-0.1, -0.05) is 24.3 Å². The molecule has 0 aliphatic carbocycles. The molecule has 3 aromatic carbocycles. The third-order valence-electron chi connectivity index (χ3n) is 3.46. The summed E-state index contributed by atoms with van der Waals surface area (Å²) in [4.78, 5) is 10.4. The van der Waals surface area contributed by atoms with Gasteiger partial charge in [0.2, 0.25) is 0 Å². The number of nitro benzene ring substituents is 1. The zero-order valence-corrected chi connectivity index (χ0v) is 13.4. The Morgan fingerprint density at radius 3 is 2.12 bits per heavy atom. The summed E-state index contributed by atoms with van der Waals surface area (Å²) in [5.41, 5.74) is 0.535. The number of non-ortho nitro benzene ring substituents is 1. The fraction of sp³-hybridized carbons (Fsp3) is 0. The third-order valence-corrected chi connectivity index (χ3v) is 4.31. The first-order valence-corrected chi connectivity index (χ1v) is 8.41. The lowest BCUT2D eigenvalue weighted by atomic mass is 10.1. The molecular formula is C16H10N3O5S-. The van der Waals surface area contributed by atoms with Crippen LogP contribution in [0.15, 0.2) is 75.8 Å². The van der Waals surface area contributed by atoms with E-state index in [2.05, 4.69) is 10.2 Å². The maximum atomic E-state index is 11.2. The summed E-state index contributed by atoms with van der Waals surface area (Å²) in [7, 11) is -4.53. The molecule has 0 N–H and O–H groups in total. The number of fused-ring (bicyclic) bond motifs is 1. The molecule has 0 fully saturated rings. The number of azo groups is 1. The van der Waals surface area contributed by atoms with Crippen molar-refractivity contribution in [2.45, 2.75) is 4.90 Å². The van der Waals surface area contributed by atoms with Gasteiger partial charge in [0, 0.05) is 6.07 Å². The van der Waals surface area contributed by atoms with Crippen molar-refractivity contribution in [1.82, 2.24) is 0 Å². The van der Waals surface area contributed by atoms with Crippen LogP contribution in [0.25, 0.3) is 10.8 Å². The van der Waals surface area contributed by atoms with E-state index in [4.69, 9.17) is 0 Å². The van der Waals surface area contributed by atoms with Gasteiger partial charge in [0.1, 0.15) is 15.8 Å². The van der Waals surface area contributed by atoms with Gasteiger partial charge in [0.25, 0.3) is 5.69 Å². The van der Waals surface area contributed by atoms with Gasteiger partial charge < -0.3 is 4.55 Å². The highest BCUT2D eigenvalue weighted by atomic mass is 32.2. The molecule has 25 heavy (non-hydrogen) atoms. The SMILES string of the molecule is O=[N+]([O-])c1cccc2cccc(N=Nc3ccc(S(=O)(=O)[O-])cc3)c12. The fourth-order valence-corrected chi connectivity index (χ4v) is 2.80. The number of rotatable bonds is 4. The second-order valence-electron chi connectivity index (χ2n) is 5.06. The predicted octanol–water partition coefficient (Wildman–Crippen LogP) is 4.07. The van der Waals surface area contributed by atoms with Gasteiger partial charge in [0.15, 0.2) is 0 Å². The Hall–Kier alpha value is -3.17. The average molecular weight is 356 g/mol. The molecule has 0 spiro atoms. The van der Waals surface area contributed by atoms with Crippen molar-refractivity contribution in [3.8, 4) is 0 Å². The molecule has 0 unspecified atom stereocenters. The molecule has 3 aromatic rings. The molecule has 0 heterocycles. The summed E-state index contributed by atoms with van der Waals surface area (Å²) in [6.45, 7) is 0. The van der Waals surface area contributed by atoms with Gasteiger partial charge in [0.05, 0.1) is 20.9 Å². The van der Waals surface area contributed by atoms with Crippen molar-refractivity contribution in [2.24, 2.45) is 10.2 Å². The van der Waals surface area contributed by atoms with Crippen molar-refractivity contribution >= 4 is 38.0 Å². The van der Waals surface area contributed by atoms with E-state index in [1.165, 1.54) is 18.2 Å². The van der Waals surface area contributed by atoms with E-state index in [0.717, 1.165) is 12.1 Å². The summed E-state index contributed by atoms with van der Waals surface area (Å²) < 4.78 is 32.7. The van der Waals surface area contributed by atoms with Crippen LogP contribution in [-0.2, 0) is 10.1 Å². The Bertz CT molecular complexity index is 1090. The van der Waals surface area contributed by atoms with Crippen LogP contribution in [0.5, 0.6) is 0 Å². The topological polar surface area (TPSA) is 125 Å². The van der Waals surface area contributed by atoms with Crippen LogP contribution >= 0.6 is 0 Å². The van der Waals surface area contributed by atoms with Crippen LogP contribution in [0, 0.1) is 10.1 Å². The Balaban J connectivity index is 2.03. The second kappa shape index (κ2) is 6.38. The molecule has 0 saturated heterocycles. The van der Waals surface area contributed by atoms with Crippen molar-refractivity contribution in [1.29, 1.82) is 0 Å². The van der Waals surface area contributed by atoms with E-state index in [0.29, 0.717) is 22.1 Å². The molecule has 3 rings (SSSR count). The Labute approximate surface area is 142 Å². The van der Waals surface area contributed by atoms with Crippen molar-refractivity contribution in [2.75, 3.05) is 0 Å². The first-order valence-electron chi connectivity index (χ1n) is 7.00. The Morgan fingerprint density at radius 2 is 1.52 bits per heavy atom. The van der Waals surface area contributed by atoms with E-state index in [1.807, 2.05) is 0 Å². The molecule has 0 radical (unpaired) electrons. The van der Waals surface area contributed by atoms with Crippen molar-refractivity contribution < 1.29 is 17.9 Å². The standard InChI is InChI=1S/C16H11N3O5S/c20-19(21)15-6-2-4-11-3-1-5-14(16(11)15)18-17-12-7-9-13(10-8-12)25(22,23)24/h1-10H,(H,22,23,24)/p-1. The van der Waals surface area contributed by atoms with E-state index in [-0.39, 0.29) is 10.6 Å². The minimum Gasteiger partial charge on any atom is -0.744 e. The third kappa shape index (κ3) is 3.52. The van der Waals surface area contributed by atoms with Gasteiger partial charge in [-0.3, -0.25) is 10.1 Å². The van der Waals surface area contributed by atoms with Crippen LogP contribution in [-0.4, -0.2) is 17.9 Å². The quantitative estimate of drug-likeness (QED) is 0.301. The number of hydrogen-bond donors (Lipinski definition) is 0. The molecule has 126 valence electrons. The fourth-order valence-electron chi connectivity index (χ4n) is 2.33. The number of benzene rings is 3. The van der Waals surface area contributed by atoms with Crippen molar-refractivity contribution in [3.05, 3.63) is 70.8 Å². The normalized spacial score (nSPS) is 11.9. The lowest BCUT2D eigenvalue weighted by molar-refractivity contribution is -0.383. The lowest BCUT2D eigenvalue weighted by Crippen LogP contribution is -1.97. The van der Waals surface area contributed by atoms with Crippen LogP contribution in [0.3, 0.4) is 0 Å². The van der Waals surface area contributed by atoms with Gasteiger partial charge >= 0.3 is 0 Å². The van der Waals surface area contributed by atoms with Gasteiger partial charge in [-0.2, -0.15) is 5.11 Å². The van der Waals surface area contributed by atoms with Crippen molar-refractivity contribution in [3.63, 3.8) is 0 Å². The summed E-state index contributed by atoms with van der Waals surface area (Å²) in [6, 6.07) is 14.6. The zero-order chi connectivity index (χ0) is 18.0. The molecule has 0 bridgehead atoms. The predicted molar refractivity (Wildman–Crippen MR) is 89.2 cm³/mol. The number of nitrogens with zero attached hydrogens (tertiary/aromatic N) is 3. The summed E-state index contributed by atoms with van der Waals surface area (Å²) >= 11 is 0. The van der Waals surface area contributed by atoms with Gasteiger partial charge in [-0.25, -0.2) is 8.42 Å². The molecule has 8 nitrogen and oxygen atoms in total. The first kappa shape index (κ1) is 16.7. The smallest absolute Gasteiger partial charge is 0.279 e. The summed E-state index contributed by atoms with van der Waals surface area (Å²) in [5, 5.41) is 20.2. The highest BCUT2D eigenvalue weighted by Gasteiger charge is 2.14. The largest absolute Gasteiger partial charge is 0.744 e. The second-order valence-corrected chi connectivity index (χ2v) is 6.44. The molecule has 0 atom stereocenters. The lowest BCUT2D eigenvalue weighted by Gasteiger charge is -2.06. The summed E-state index contributed by atoms with van der Waals surface area (Å²) in [5.74, 6) is 0. The van der Waals surface area contributed by atoms with E-state index in [1.54, 1.807) is 30.3 Å². The average Bonchev–Trinajstić information content (AvgIpc) is 2.58. The maximum Gasteiger partial charge on any atom is 0.279 e. The zero-order valence-electron chi connectivity index (χ0n) is 12.6. The van der Waals surface area contributed by atoms with E-state index >= 15 is 0 Å². The van der Waals surface area contributed by atoms with E-state index < -0.39 is 15.0 Å². The van der Waals surface area contributed by atoms with Crippen LogP contribution < -0.4 is 0 Å². The van der Waals surface area contributed by atoms with Gasteiger partial charge in [-0.05, 0) is 35.7 Å². The molecule has 0 saturated carbocycles. The molecule has 0 amide bonds. The minimum absolute atomic E-state index is 0.0835. The van der Waals surface area contributed by atoms with Gasteiger partial charge in [-0.15, -0.1) is 5.11 Å². The Morgan fingerprint density at radius 1 is 0.880 bits per heavy atom. The number of nitro groups is 1. The minimum atomic E-state index is -4.53.